The van der Waals surface area contributed by atoms with Gasteiger partial charge < -0.3 is 5.73 Å². The lowest BCUT2D eigenvalue weighted by Crippen LogP contribution is -2.29. The third kappa shape index (κ3) is 2.87. The van der Waals surface area contributed by atoms with Crippen LogP contribution in [-0.2, 0) is 0 Å². The molecule has 0 aromatic rings. The van der Waals surface area contributed by atoms with Crippen LogP contribution in [-0.4, -0.2) is 6.04 Å². The fourth-order valence-electron chi connectivity index (χ4n) is 1.67. The summed E-state index contributed by atoms with van der Waals surface area (Å²) in [5.74, 6) is 4.28. The van der Waals surface area contributed by atoms with Gasteiger partial charge in [-0.25, -0.2) is 0 Å². The first kappa shape index (κ1) is 9.61. The molecule has 1 fully saturated rings. The third-order valence-electron chi connectivity index (χ3n) is 2.90. The highest BCUT2D eigenvalue weighted by molar-refractivity contribution is 4.87. The molecule has 1 aliphatic carbocycles. The van der Waals surface area contributed by atoms with E-state index in [2.05, 4.69) is 12.8 Å². The van der Waals surface area contributed by atoms with Gasteiger partial charge in [-0.05, 0) is 37.5 Å². The van der Waals surface area contributed by atoms with Gasteiger partial charge in [-0.1, -0.05) is 6.92 Å². The predicted molar refractivity (Wildman–Crippen MR) is 52.5 cm³/mol. The van der Waals surface area contributed by atoms with Crippen LogP contribution in [0.15, 0.2) is 0 Å². The van der Waals surface area contributed by atoms with E-state index in [1.165, 1.54) is 12.8 Å². The van der Waals surface area contributed by atoms with Crippen molar-refractivity contribution in [1.82, 2.24) is 0 Å². The van der Waals surface area contributed by atoms with E-state index >= 15 is 0 Å². The maximum Gasteiger partial charge on any atom is 0.00866 e. The van der Waals surface area contributed by atoms with Crippen molar-refractivity contribution in [2.75, 3.05) is 0 Å². The van der Waals surface area contributed by atoms with Gasteiger partial charge in [0.05, 0.1) is 0 Å². The molecule has 2 unspecified atom stereocenters. The van der Waals surface area contributed by atoms with Gasteiger partial charge in [-0.2, -0.15) is 0 Å². The van der Waals surface area contributed by atoms with Crippen LogP contribution in [0.5, 0.6) is 0 Å². The molecule has 0 aromatic carbocycles. The van der Waals surface area contributed by atoms with Crippen LogP contribution >= 0.6 is 0 Å². The maximum atomic E-state index is 6.03. The lowest BCUT2D eigenvalue weighted by atomic mass is 9.93. The molecule has 0 aromatic heterocycles. The monoisotopic (exact) mass is 165 g/mol. The maximum absolute atomic E-state index is 6.03. The van der Waals surface area contributed by atoms with Gasteiger partial charge in [0.25, 0.3) is 0 Å². The Morgan fingerprint density at radius 3 is 2.75 bits per heavy atom. The van der Waals surface area contributed by atoms with Crippen LogP contribution in [0.3, 0.4) is 0 Å². The molecule has 1 rings (SSSR count). The van der Waals surface area contributed by atoms with E-state index in [-0.39, 0.29) is 0 Å². The van der Waals surface area contributed by atoms with Gasteiger partial charge in [0.1, 0.15) is 0 Å². The van der Waals surface area contributed by atoms with Crippen LogP contribution in [0, 0.1) is 24.2 Å². The van der Waals surface area contributed by atoms with E-state index in [0.29, 0.717) is 12.0 Å². The van der Waals surface area contributed by atoms with E-state index in [4.69, 9.17) is 12.2 Å². The molecule has 0 heterocycles. The van der Waals surface area contributed by atoms with Crippen molar-refractivity contribution in [3.63, 3.8) is 0 Å². The second kappa shape index (κ2) is 4.52. The molecule has 68 valence electrons. The number of hydrogen-bond donors (Lipinski definition) is 1. The van der Waals surface area contributed by atoms with Crippen molar-refractivity contribution < 1.29 is 0 Å². The molecule has 0 spiro atoms. The van der Waals surface area contributed by atoms with Crippen molar-refractivity contribution in [3.05, 3.63) is 0 Å². The minimum atomic E-state index is 0.380. The fraction of sp³-hybridized carbons (Fsp3) is 0.818. The van der Waals surface area contributed by atoms with Crippen LogP contribution in [0.2, 0.25) is 0 Å². The zero-order valence-electron chi connectivity index (χ0n) is 7.92. The van der Waals surface area contributed by atoms with E-state index in [0.717, 1.165) is 25.2 Å². The van der Waals surface area contributed by atoms with E-state index in [9.17, 15) is 0 Å². The number of hydrogen-bond acceptors (Lipinski definition) is 1. The Morgan fingerprint density at radius 2 is 2.25 bits per heavy atom. The van der Waals surface area contributed by atoms with Crippen molar-refractivity contribution in [2.24, 2.45) is 17.6 Å². The van der Waals surface area contributed by atoms with Gasteiger partial charge in [-0.15, -0.1) is 12.3 Å². The summed E-state index contributed by atoms with van der Waals surface area (Å²) >= 11 is 0. The van der Waals surface area contributed by atoms with Crippen molar-refractivity contribution in [2.45, 2.75) is 45.1 Å². The first-order chi connectivity index (χ1) is 5.75. The molecule has 1 aliphatic rings. The van der Waals surface area contributed by atoms with Crippen LogP contribution in [0.25, 0.3) is 0 Å². The molecular weight excluding hydrogens is 146 g/mol. The predicted octanol–water partition coefficient (Wildman–Crippen LogP) is 2.16. The van der Waals surface area contributed by atoms with Gasteiger partial charge in [0.15, 0.2) is 0 Å². The Balaban J connectivity index is 2.09. The number of nitrogens with two attached hydrogens (primary N) is 1. The second-order valence-corrected chi connectivity index (χ2v) is 3.96. The van der Waals surface area contributed by atoms with Gasteiger partial charge in [0.2, 0.25) is 0 Å². The molecule has 2 N–H and O–H groups in total. The van der Waals surface area contributed by atoms with Crippen molar-refractivity contribution in [3.8, 4) is 12.3 Å². The molecule has 0 aliphatic heterocycles. The minimum Gasteiger partial charge on any atom is -0.327 e. The van der Waals surface area contributed by atoms with Crippen LogP contribution in [0.1, 0.15) is 39.0 Å². The topological polar surface area (TPSA) is 26.0 Å². The summed E-state index contributed by atoms with van der Waals surface area (Å²) in [6, 6.07) is 0.380. The van der Waals surface area contributed by atoms with Crippen molar-refractivity contribution in [1.29, 1.82) is 0 Å². The lowest BCUT2D eigenvalue weighted by Gasteiger charge is -2.18. The Kier molecular flexibility index (Phi) is 3.62. The smallest absolute Gasteiger partial charge is 0.00866 e. The highest BCUT2D eigenvalue weighted by atomic mass is 14.7. The standard InChI is InChI=1S/C11H19N/c1-3-4-5-6-11(12)9(2)10-7-8-10/h1,9-11H,4-8,12H2,2H3. The number of rotatable bonds is 5. The highest BCUT2D eigenvalue weighted by Crippen LogP contribution is 2.38. The third-order valence-corrected chi connectivity index (χ3v) is 2.90. The summed E-state index contributed by atoms with van der Waals surface area (Å²) in [6.07, 6.45) is 11.0. The van der Waals surface area contributed by atoms with Crippen LogP contribution in [0.4, 0.5) is 0 Å². The van der Waals surface area contributed by atoms with E-state index in [1.54, 1.807) is 0 Å². The number of unbranched alkanes of at least 4 members (excludes halogenated alkanes) is 1. The molecular formula is C11H19N. The summed E-state index contributed by atoms with van der Waals surface area (Å²) in [5.41, 5.74) is 6.03. The first-order valence-electron chi connectivity index (χ1n) is 4.94. The molecule has 2 atom stereocenters. The molecule has 0 bridgehead atoms. The Hall–Kier alpha value is -0.480. The minimum absolute atomic E-state index is 0.380. The molecule has 0 saturated heterocycles. The highest BCUT2D eigenvalue weighted by Gasteiger charge is 2.31. The molecule has 0 amide bonds. The molecule has 1 saturated carbocycles. The molecule has 1 heteroatoms. The van der Waals surface area contributed by atoms with Crippen LogP contribution < -0.4 is 5.73 Å². The first-order valence-corrected chi connectivity index (χ1v) is 4.94. The molecule has 0 radical (unpaired) electrons. The molecule has 1 nitrogen and oxygen atoms in total. The Bertz CT molecular complexity index is 164. The average molecular weight is 165 g/mol. The Labute approximate surface area is 75.7 Å². The van der Waals surface area contributed by atoms with Gasteiger partial charge in [0, 0.05) is 12.5 Å². The summed E-state index contributed by atoms with van der Waals surface area (Å²) in [5, 5.41) is 0. The summed E-state index contributed by atoms with van der Waals surface area (Å²) in [4.78, 5) is 0. The normalized spacial score (nSPS) is 21.4. The second-order valence-electron chi connectivity index (χ2n) is 3.96. The lowest BCUT2D eigenvalue weighted by molar-refractivity contribution is 0.382. The zero-order chi connectivity index (χ0) is 8.97. The largest absolute Gasteiger partial charge is 0.327 e. The fourth-order valence-corrected chi connectivity index (χ4v) is 1.67. The van der Waals surface area contributed by atoms with E-state index in [1.807, 2.05) is 0 Å². The number of terminal acetylenes is 1. The quantitative estimate of drug-likeness (QED) is 0.490. The van der Waals surface area contributed by atoms with Gasteiger partial charge in [-0.3, -0.25) is 0 Å². The Morgan fingerprint density at radius 1 is 1.58 bits per heavy atom. The van der Waals surface area contributed by atoms with Gasteiger partial charge >= 0.3 is 0 Å². The SMILES string of the molecule is C#CCCCC(N)C(C)C1CC1. The summed E-state index contributed by atoms with van der Waals surface area (Å²) in [7, 11) is 0. The summed E-state index contributed by atoms with van der Waals surface area (Å²) < 4.78 is 0. The molecule has 12 heavy (non-hydrogen) atoms. The average Bonchev–Trinajstić information content (AvgIpc) is 2.86. The summed E-state index contributed by atoms with van der Waals surface area (Å²) in [6.45, 7) is 2.28. The zero-order valence-corrected chi connectivity index (χ0v) is 7.92. The van der Waals surface area contributed by atoms with E-state index < -0.39 is 0 Å². The van der Waals surface area contributed by atoms with Crippen molar-refractivity contribution >= 4 is 0 Å².